The second-order valence-corrected chi connectivity index (χ2v) is 5.36. The molecule has 0 fully saturated rings. The van der Waals surface area contributed by atoms with Crippen molar-refractivity contribution in [1.29, 1.82) is 0 Å². The summed E-state index contributed by atoms with van der Waals surface area (Å²) in [6, 6.07) is 15.5. The van der Waals surface area contributed by atoms with Gasteiger partial charge in [0.25, 0.3) is 0 Å². The highest BCUT2D eigenvalue weighted by Crippen LogP contribution is 2.33. The fraction of sp³-hybridized carbons (Fsp3) is 0.125. The highest BCUT2D eigenvalue weighted by molar-refractivity contribution is 9.10. The average molecular weight is 317 g/mol. The van der Waals surface area contributed by atoms with E-state index < -0.39 is 6.10 Å². The maximum absolute atomic E-state index is 10.5. The molecule has 0 aliphatic heterocycles. The molecule has 0 bridgehead atoms. The minimum absolute atomic E-state index is 0.563. The van der Waals surface area contributed by atoms with Crippen molar-refractivity contribution in [3.8, 4) is 0 Å². The van der Waals surface area contributed by atoms with E-state index in [1.165, 1.54) is 0 Å². The van der Waals surface area contributed by atoms with Gasteiger partial charge in [-0.25, -0.2) is 0 Å². The van der Waals surface area contributed by atoms with Crippen LogP contribution in [0.5, 0.6) is 0 Å². The van der Waals surface area contributed by atoms with Crippen molar-refractivity contribution < 1.29 is 9.52 Å². The monoisotopic (exact) mass is 316 g/mol. The van der Waals surface area contributed by atoms with Crippen LogP contribution in [0, 0.1) is 6.92 Å². The lowest BCUT2D eigenvalue weighted by Crippen LogP contribution is -1.99. The molecule has 0 amide bonds. The van der Waals surface area contributed by atoms with Crippen LogP contribution in [0.1, 0.15) is 23.0 Å². The van der Waals surface area contributed by atoms with E-state index in [4.69, 9.17) is 4.42 Å². The summed E-state index contributed by atoms with van der Waals surface area (Å²) < 4.78 is 6.63. The van der Waals surface area contributed by atoms with Crippen LogP contribution >= 0.6 is 15.9 Å². The Hall–Kier alpha value is -1.58. The lowest BCUT2D eigenvalue weighted by atomic mass is 10.0. The number of hydrogen-bond acceptors (Lipinski definition) is 2. The molecule has 0 radical (unpaired) electrons. The fourth-order valence-electron chi connectivity index (χ4n) is 2.17. The molecule has 1 unspecified atom stereocenters. The van der Waals surface area contributed by atoms with Gasteiger partial charge in [0.1, 0.15) is 17.4 Å². The van der Waals surface area contributed by atoms with Crippen LogP contribution in [0.3, 0.4) is 0 Å². The van der Waals surface area contributed by atoms with Gasteiger partial charge in [0, 0.05) is 15.4 Å². The highest BCUT2D eigenvalue weighted by atomic mass is 79.9. The van der Waals surface area contributed by atoms with Crippen LogP contribution in [-0.4, -0.2) is 5.11 Å². The van der Waals surface area contributed by atoms with Crippen molar-refractivity contribution in [2.75, 3.05) is 0 Å². The Labute approximate surface area is 119 Å². The summed E-state index contributed by atoms with van der Waals surface area (Å²) in [5, 5.41) is 11.5. The number of aliphatic hydroxyl groups excluding tert-OH is 1. The molecular weight excluding hydrogens is 304 g/mol. The molecule has 3 aromatic rings. The Morgan fingerprint density at radius 1 is 1.11 bits per heavy atom. The van der Waals surface area contributed by atoms with Gasteiger partial charge in [0.15, 0.2) is 0 Å². The summed E-state index contributed by atoms with van der Waals surface area (Å²) in [7, 11) is 0. The van der Waals surface area contributed by atoms with E-state index in [0.29, 0.717) is 5.76 Å². The van der Waals surface area contributed by atoms with Crippen LogP contribution in [0.4, 0.5) is 0 Å². The van der Waals surface area contributed by atoms with Crippen LogP contribution in [0.25, 0.3) is 11.0 Å². The number of para-hydroxylation sites is 1. The van der Waals surface area contributed by atoms with Gasteiger partial charge in [-0.3, -0.25) is 0 Å². The third kappa shape index (κ3) is 2.20. The number of hydrogen-bond donors (Lipinski definition) is 1. The Morgan fingerprint density at radius 3 is 2.68 bits per heavy atom. The molecule has 96 valence electrons. The van der Waals surface area contributed by atoms with Crippen molar-refractivity contribution in [1.82, 2.24) is 0 Å². The van der Waals surface area contributed by atoms with Crippen LogP contribution in [-0.2, 0) is 0 Å². The molecule has 3 heteroatoms. The second kappa shape index (κ2) is 4.83. The van der Waals surface area contributed by atoms with Gasteiger partial charge in [-0.05, 0) is 24.6 Å². The van der Waals surface area contributed by atoms with Gasteiger partial charge in [0.05, 0.1) is 0 Å². The van der Waals surface area contributed by atoms with Crippen LogP contribution in [0.15, 0.2) is 57.4 Å². The molecule has 3 rings (SSSR count). The molecule has 0 saturated heterocycles. The lowest BCUT2D eigenvalue weighted by molar-refractivity contribution is 0.191. The first-order valence-corrected chi connectivity index (χ1v) is 6.87. The topological polar surface area (TPSA) is 33.4 Å². The quantitative estimate of drug-likeness (QED) is 0.750. The minimum Gasteiger partial charge on any atom is -0.458 e. The first-order chi connectivity index (χ1) is 9.16. The molecule has 1 atom stereocenters. The molecule has 1 N–H and O–H groups in total. The maximum atomic E-state index is 10.5. The van der Waals surface area contributed by atoms with Gasteiger partial charge in [-0.2, -0.15) is 0 Å². The number of rotatable bonds is 2. The summed E-state index contributed by atoms with van der Waals surface area (Å²) >= 11 is 3.52. The van der Waals surface area contributed by atoms with E-state index in [0.717, 1.165) is 26.6 Å². The van der Waals surface area contributed by atoms with Crippen molar-refractivity contribution in [2.24, 2.45) is 0 Å². The maximum Gasteiger partial charge on any atom is 0.138 e. The zero-order chi connectivity index (χ0) is 13.4. The van der Waals surface area contributed by atoms with Gasteiger partial charge in [0.2, 0.25) is 0 Å². The zero-order valence-corrected chi connectivity index (χ0v) is 12.0. The van der Waals surface area contributed by atoms with Gasteiger partial charge in [-0.1, -0.05) is 52.3 Å². The van der Waals surface area contributed by atoms with Crippen LogP contribution in [0.2, 0.25) is 0 Å². The summed E-state index contributed by atoms with van der Waals surface area (Å²) in [6.45, 7) is 2.00. The highest BCUT2D eigenvalue weighted by Gasteiger charge is 2.18. The molecule has 0 spiro atoms. The zero-order valence-electron chi connectivity index (χ0n) is 10.4. The second-order valence-electron chi connectivity index (χ2n) is 4.57. The predicted molar refractivity (Wildman–Crippen MR) is 79.2 cm³/mol. The molecule has 19 heavy (non-hydrogen) atoms. The van der Waals surface area contributed by atoms with Crippen LogP contribution < -0.4 is 0 Å². The molecule has 2 nitrogen and oxygen atoms in total. The van der Waals surface area contributed by atoms with Crippen molar-refractivity contribution in [3.05, 3.63) is 69.9 Å². The third-order valence-corrected chi connectivity index (χ3v) is 4.31. The average Bonchev–Trinajstić information content (AvgIpc) is 2.85. The number of benzene rings is 2. The van der Waals surface area contributed by atoms with Gasteiger partial charge in [-0.15, -0.1) is 0 Å². The predicted octanol–water partition coefficient (Wildman–Crippen LogP) is 4.59. The molecule has 1 aromatic heterocycles. The number of halogens is 1. The summed E-state index contributed by atoms with van der Waals surface area (Å²) in [5.74, 6) is 0.563. The van der Waals surface area contributed by atoms with Crippen molar-refractivity contribution >= 4 is 26.9 Å². The Morgan fingerprint density at radius 2 is 1.89 bits per heavy atom. The SMILES string of the molecule is Cc1cccc(C(O)c2cc3ccccc3o2)c1Br. The summed E-state index contributed by atoms with van der Waals surface area (Å²) in [6.07, 6.45) is -0.762. The summed E-state index contributed by atoms with van der Waals surface area (Å²) in [4.78, 5) is 0. The smallest absolute Gasteiger partial charge is 0.138 e. The molecular formula is C16H13BrO2. The van der Waals surface area contributed by atoms with E-state index in [-0.39, 0.29) is 0 Å². The van der Waals surface area contributed by atoms with E-state index in [9.17, 15) is 5.11 Å². The third-order valence-electron chi connectivity index (χ3n) is 3.23. The Balaban J connectivity index is 2.08. The first-order valence-electron chi connectivity index (χ1n) is 6.08. The standard InChI is InChI=1S/C16H13BrO2/c1-10-5-4-7-12(15(10)17)16(18)14-9-11-6-2-3-8-13(11)19-14/h2-9,16,18H,1H3. The lowest BCUT2D eigenvalue weighted by Gasteiger charge is -2.11. The first kappa shape index (κ1) is 12.5. The number of fused-ring (bicyclic) bond motifs is 1. The van der Waals surface area contributed by atoms with Gasteiger partial charge >= 0.3 is 0 Å². The largest absolute Gasteiger partial charge is 0.458 e. The van der Waals surface area contributed by atoms with Gasteiger partial charge < -0.3 is 9.52 Å². The fourth-order valence-corrected chi connectivity index (χ4v) is 2.65. The van der Waals surface area contributed by atoms with E-state index >= 15 is 0 Å². The minimum atomic E-state index is -0.762. The Bertz CT molecular complexity index is 697. The number of furan rings is 1. The normalized spacial score (nSPS) is 12.8. The molecule has 2 aromatic carbocycles. The summed E-state index contributed by atoms with van der Waals surface area (Å²) in [5.41, 5.74) is 2.70. The Kier molecular flexibility index (Phi) is 3.17. The van der Waals surface area contributed by atoms with Crippen molar-refractivity contribution in [3.63, 3.8) is 0 Å². The molecule has 0 aliphatic rings. The number of aliphatic hydroxyl groups is 1. The molecule has 0 saturated carbocycles. The van der Waals surface area contributed by atoms with E-state index in [1.807, 2.05) is 55.5 Å². The number of aryl methyl sites for hydroxylation is 1. The molecule has 0 aliphatic carbocycles. The van der Waals surface area contributed by atoms with Crippen molar-refractivity contribution in [2.45, 2.75) is 13.0 Å². The van der Waals surface area contributed by atoms with E-state index in [2.05, 4.69) is 15.9 Å². The molecule has 1 heterocycles. The van der Waals surface area contributed by atoms with E-state index in [1.54, 1.807) is 0 Å².